The van der Waals surface area contributed by atoms with Crippen molar-refractivity contribution in [1.29, 1.82) is 0 Å². The summed E-state index contributed by atoms with van der Waals surface area (Å²) in [6.07, 6.45) is 4.72. The van der Waals surface area contributed by atoms with Gasteiger partial charge < -0.3 is 39.3 Å². The number of aromatic nitrogens is 3. The van der Waals surface area contributed by atoms with E-state index >= 15 is 4.39 Å². The molecule has 1 unspecified atom stereocenters. The molecule has 8 rings (SSSR count). The second kappa shape index (κ2) is 15.7. The molecule has 0 spiro atoms. The van der Waals surface area contributed by atoms with Gasteiger partial charge in [-0.1, -0.05) is 0 Å². The SMILES string of the molecule is COc1cc(Cc2cnc(/N=C3/C(=O)N(CN4CCN(c5c(F)cc6c(=O)c(C(=O)O)cn(C7CC7)c6c5OC)CC4C)c4ccc(F)cc43)nc2N)cc(OC)c1OC. The van der Waals surface area contributed by atoms with Gasteiger partial charge in [0.2, 0.25) is 11.2 Å². The monoisotopic (exact) mass is 824 g/mol. The standard InChI is InChI=1S/C42H42F2N8O8/c1-21-18-49(35-29(44)16-27-34(38(35)60-5)51(25-7-8-25)19-28(36(27)53)41(55)56)10-11-50(21)20-52-30-9-6-24(43)15-26(30)33(40(52)54)47-42-46-17-23(39(45)48-42)12-22-13-31(57-2)37(59-4)32(14-22)58-3/h6,9,13-17,19,21,25H,7-8,10-12,18,20H2,1-5H3,(H,55,56)(H2,45,46,48)/b47-33+. The summed E-state index contributed by atoms with van der Waals surface area (Å²) in [6.45, 7) is 3.06. The van der Waals surface area contributed by atoms with E-state index < -0.39 is 34.5 Å². The number of aliphatic imine (C=N–C) groups is 1. The van der Waals surface area contributed by atoms with Crippen LogP contribution >= 0.6 is 0 Å². The topological polar surface area (TPSA) is 187 Å². The van der Waals surface area contributed by atoms with Gasteiger partial charge in [0.1, 0.15) is 28.6 Å². The van der Waals surface area contributed by atoms with Crippen LogP contribution in [0.15, 0.2) is 58.6 Å². The highest BCUT2D eigenvalue weighted by Crippen LogP contribution is 2.44. The average molecular weight is 825 g/mol. The molecular formula is C42H42F2N8O8. The Labute approximate surface area is 342 Å². The molecule has 1 aliphatic carbocycles. The third kappa shape index (κ3) is 7.05. The van der Waals surface area contributed by atoms with E-state index in [-0.39, 0.29) is 58.6 Å². The van der Waals surface area contributed by atoms with Crippen molar-refractivity contribution in [3.05, 3.63) is 92.9 Å². The lowest BCUT2D eigenvalue weighted by atomic mass is 10.1. The van der Waals surface area contributed by atoms with Crippen LogP contribution in [0, 0.1) is 11.6 Å². The zero-order chi connectivity index (χ0) is 42.6. The number of aromatic carboxylic acids is 1. The molecule has 3 N–H and O–H groups in total. The van der Waals surface area contributed by atoms with Crippen LogP contribution in [0.5, 0.6) is 23.0 Å². The summed E-state index contributed by atoms with van der Waals surface area (Å²) in [5.41, 5.74) is 7.70. The number of nitrogens with zero attached hydrogens (tertiary/aromatic N) is 7. The number of benzene rings is 3. The fourth-order valence-corrected chi connectivity index (χ4v) is 8.01. The van der Waals surface area contributed by atoms with Crippen LogP contribution in [0.2, 0.25) is 0 Å². The Balaban J connectivity index is 1.04. The summed E-state index contributed by atoms with van der Waals surface area (Å²) in [5, 5.41) is 9.64. The lowest BCUT2D eigenvalue weighted by Gasteiger charge is -2.42. The molecule has 1 saturated carbocycles. The Morgan fingerprint density at radius 2 is 1.70 bits per heavy atom. The van der Waals surface area contributed by atoms with Crippen molar-refractivity contribution in [1.82, 2.24) is 19.4 Å². The van der Waals surface area contributed by atoms with E-state index in [1.807, 2.05) is 16.7 Å². The number of fused-ring (bicyclic) bond motifs is 2. The van der Waals surface area contributed by atoms with Crippen molar-refractivity contribution >= 4 is 51.6 Å². The van der Waals surface area contributed by atoms with Crippen molar-refractivity contribution < 1.29 is 42.4 Å². The van der Waals surface area contributed by atoms with Crippen molar-refractivity contribution in [3.63, 3.8) is 0 Å². The molecular weight excluding hydrogens is 783 g/mol. The molecule has 1 amide bonds. The molecule has 60 heavy (non-hydrogen) atoms. The van der Waals surface area contributed by atoms with E-state index in [1.165, 1.54) is 63.9 Å². The molecule has 0 bridgehead atoms. The largest absolute Gasteiger partial charge is 0.493 e. The van der Waals surface area contributed by atoms with Gasteiger partial charge in [-0.3, -0.25) is 19.4 Å². The molecule has 1 saturated heterocycles. The van der Waals surface area contributed by atoms with E-state index in [4.69, 9.17) is 24.7 Å². The summed E-state index contributed by atoms with van der Waals surface area (Å²) in [5.74, 6) is -1.56. The minimum atomic E-state index is -1.38. The molecule has 312 valence electrons. The predicted octanol–water partition coefficient (Wildman–Crippen LogP) is 4.95. The number of anilines is 3. The second-order valence-corrected chi connectivity index (χ2v) is 14.8. The summed E-state index contributed by atoms with van der Waals surface area (Å²) in [6, 6.07) is 8.43. The van der Waals surface area contributed by atoms with Crippen LogP contribution in [-0.4, -0.2) is 103 Å². The van der Waals surface area contributed by atoms with Crippen molar-refractivity contribution in [2.24, 2.45) is 4.99 Å². The number of rotatable bonds is 12. The Morgan fingerprint density at radius 1 is 0.983 bits per heavy atom. The number of nitrogens with two attached hydrogens (primary N) is 1. The molecule has 0 radical (unpaired) electrons. The van der Waals surface area contributed by atoms with Crippen molar-refractivity contribution in [2.45, 2.75) is 38.3 Å². The van der Waals surface area contributed by atoms with Crippen LogP contribution in [0.25, 0.3) is 10.9 Å². The lowest BCUT2D eigenvalue weighted by molar-refractivity contribution is -0.112. The van der Waals surface area contributed by atoms with Gasteiger partial charge in [0, 0.05) is 61.7 Å². The van der Waals surface area contributed by atoms with Gasteiger partial charge in [0.05, 0.1) is 51.7 Å². The molecule has 16 nitrogen and oxygen atoms in total. The average Bonchev–Trinajstić information content (AvgIpc) is 4.05. The number of ether oxygens (including phenoxy) is 4. The smallest absolute Gasteiger partial charge is 0.341 e. The quantitative estimate of drug-likeness (QED) is 0.172. The van der Waals surface area contributed by atoms with Crippen molar-refractivity contribution in [3.8, 4) is 23.0 Å². The Bertz CT molecular complexity index is 2640. The summed E-state index contributed by atoms with van der Waals surface area (Å²) >= 11 is 0. The summed E-state index contributed by atoms with van der Waals surface area (Å²) < 4.78 is 54.7. The highest BCUT2D eigenvalue weighted by molar-refractivity contribution is 6.54. The molecule has 3 aliphatic rings. The van der Waals surface area contributed by atoms with Gasteiger partial charge in [0.25, 0.3) is 11.9 Å². The number of pyridine rings is 1. The van der Waals surface area contributed by atoms with E-state index in [1.54, 1.807) is 16.7 Å². The van der Waals surface area contributed by atoms with E-state index in [0.29, 0.717) is 60.1 Å². The van der Waals surface area contributed by atoms with Gasteiger partial charge in [-0.25, -0.2) is 23.6 Å². The van der Waals surface area contributed by atoms with Crippen LogP contribution in [0.1, 0.15) is 52.9 Å². The van der Waals surface area contributed by atoms with Crippen LogP contribution in [0.4, 0.5) is 31.9 Å². The molecule has 18 heteroatoms. The maximum absolute atomic E-state index is 16.1. The number of carbonyl (C=O) groups is 2. The lowest BCUT2D eigenvalue weighted by Crippen LogP contribution is -2.55. The maximum Gasteiger partial charge on any atom is 0.341 e. The van der Waals surface area contributed by atoms with Crippen LogP contribution < -0.4 is 39.9 Å². The number of carbonyl (C=O) groups excluding carboxylic acids is 1. The molecule has 2 aromatic heterocycles. The molecule has 4 heterocycles. The normalized spacial score (nSPS) is 17.4. The maximum atomic E-state index is 16.1. The number of hydrogen-bond donors (Lipinski definition) is 2. The number of methoxy groups -OCH3 is 4. The Kier molecular flexibility index (Phi) is 10.5. The minimum absolute atomic E-state index is 0.0412. The number of piperazine rings is 1. The van der Waals surface area contributed by atoms with E-state index in [2.05, 4.69) is 15.0 Å². The van der Waals surface area contributed by atoms with Gasteiger partial charge in [-0.2, -0.15) is 4.98 Å². The first-order chi connectivity index (χ1) is 28.8. The number of carboxylic acid groups (broad SMARTS) is 1. The highest BCUT2D eigenvalue weighted by atomic mass is 19.1. The zero-order valence-electron chi connectivity index (χ0n) is 33.5. The number of amides is 1. The Morgan fingerprint density at radius 3 is 2.32 bits per heavy atom. The number of carboxylic acids is 1. The minimum Gasteiger partial charge on any atom is -0.493 e. The number of hydrogen-bond acceptors (Lipinski definition) is 13. The first-order valence-corrected chi connectivity index (χ1v) is 19.1. The second-order valence-electron chi connectivity index (χ2n) is 14.8. The first-order valence-electron chi connectivity index (χ1n) is 19.1. The van der Waals surface area contributed by atoms with Crippen LogP contribution in [0.3, 0.4) is 0 Å². The number of halogens is 2. The van der Waals surface area contributed by atoms with Gasteiger partial charge >= 0.3 is 5.97 Å². The van der Waals surface area contributed by atoms with Crippen molar-refractivity contribution in [2.75, 3.05) is 70.3 Å². The zero-order valence-corrected chi connectivity index (χ0v) is 33.5. The summed E-state index contributed by atoms with van der Waals surface area (Å²) in [7, 11) is 5.96. The van der Waals surface area contributed by atoms with E-state index in [9.17, 15) is 23.9 Å². The molecule has 2 aliphatic heterocycles. The van der Waals surface area contributed by atoms with Gasteiger partial charge in [-0.05, 0) is 61.7 Å². The third-order valence-corrected chi connectivity index (χ3v) is 11.1. The van der Waals surface area contributed by atoms with E-state index in [0.717, 1.165) is 24.5 Å². The van der Waals surface area contributed by atoms with Crippen LogP contribution in [-0.2, 0) is 11.2 Å². The number of nitrogen functional groups attached to an aromatic ring is 1. The summed E-state index contributed by atoms with van der Waals surface area (Å²) in [4.78, 5) is 57.9. The fourth-order valence-electron chi connectivity index (χ4n) is 8.01. The molecule has 5 aromatic rings. The molecule has 2 fully saturated rings. The van der Waals surface area contributed by atoms with Gasteiger partial charge in [0.15, 0.2) is 23.1 Å². The molecule has 1 atom stereocenters. The Hall–Kier alpha value is -6.82. The third-order valence-electron chi connectivity index (χ3n) is 11.1. The fraction of sp³-hybridized carbons (Fsp3) is 0.333. The predicted molar refractivity (Wildman–Crippen MR) is 219 cm³/mol. The molecule has 3 aromatic carbocycles. The van der Waals surface area contributed by atoms with Gasteiger partial charge in [-0.15, -0.1) is 0 Å². The highest BCUT2D eigenvalue weighted by Gasteiger charge is 2.39. The first kappa shape index (κ1) is 40.0.